The molecule has 0 radical (unpaired) electrons. The molecule has 1 N–H and O–H groups in total. The van der Waals surface area contributed by atoms with Crippen LogP contribution in [0.15, 0.2) is 72.8 Å². The number of carbonyl (C=O) groups excluding carboxylic acids is 1. The van der Waals surface area contributed by atoms with Gasteiger partial charge in [-0.05, 0) is 36.2 Å². The highest BCUT2D eigenvalue weighted by Crippen LogP contribution is 2.32. The molecule has 6 heteroatoms. The molecule has 3 aromatic carbocycles. The van der Waals surface area contributed by atoms with Gasteiger partial charge >= 0.3 is 0 Å². The highest BCUT2D eigenvalue weighted by molar-refractivity contribution is 5.92. The second-order valence-electron chi connectivity index (χ2n) is 8.01. The van der Waals surface area contributed by atoms with Gasteiger partial charge in [-0.1, -0.05) is 42.5 Å². The van der Waals surface area contributed by atoms with E-state index >= 15 is 0 Å². The molecule has 1 aliphatic heterocycles. The maximum Gasteiger partial charge on any atom is 0.224 e. The first-order valence-corrected chi connectivity index (χ1v) is 10.9. The van der Waals surface area contributed by atoms with Crippen molar-refractivity contribution in [1.82, 2.24) is 9.55 Å². The quantitative estimate of drug-likeness (QED) is 0.488. The Morgan fingerprint density at radius 2 is 1.84 bits per heavy atom. The van der Waals surface area contributed by atoms with Crippen LogP contribution in [0.2, 0.25) is 0 Å². The Balaban J connectivity index is 1.28. The Kier molecular flexibility index (Phi) is 5.50. The first-order valence-electron chi connectivity index (χ1n) is 10.9. The van der Waals surface area contributed by atoms with Crippen molar-refractivity contribution in [2.75, 3.05) is 23.9 Å². The number of benzene rings is 3. The lowest BCUT2D eigenvalue weighted by Gasteiger charge is -2.30. The van der Waals surface area contributed by atoms with E-state index in [0.717, 1.165) is 42.2 Å². The predicted octanol–water partition coefficient (Wildman–Crippen LogP) is 4.64. The van der Waals surface area contributed by atoms with Crippen molar-refractivity contribution >= 4 is 28.3 Å². The van der Waals surface area contributed by atoms with E-state index in [1.807, 2.05) is 54.6 Å². The summed E-state index contributed by atoms with van der Waals surface area (Å²) in [6, 6.07) is 24.3. The topological polar surface area (TPSA) is 59.4 Å². The second-order valence-corrected chi connectivity index (χ2v) is 8.01. The molecule has 6 nitrogen and oxygen atoms in total. The van der Waals surface area contributed by atoms with E-state index in [9.17, 15) is 4.79 Å². The Labute approximate surface area is 187 Å². The Bertz CT molecular complexity index is 1250. The van der Waals surface area contributed by atoms with Crippen molar-refractivity contribution in [3.63, 3.8) is 0 Å². The highest BCUT2D eigenvalue weighted by Gasteiger charge is 2.21. The lowest BCUT2D eigenvalue weighted by Crippen LogP contribution is -2.33. The number of fused-ring (bicyclic) bond motifs is 3. The lowest BCUT2D eigenvalue weighted by molar-refractivity contribution is -0.116. The maximum absolute atomic E-state index is 12.5. The van der Waals surface area contributed by atoms with Crippen LogP contribution in [0.5, 0.6) is 5.75 Å². The molecule has 5 rings (SSSR count). The number of hydrogen-bond donors (Lipinski definition) is 1. The van der Waals surface area contributed by atoms with Crippen LogP contribution >= 0.6 is 0 Å². The molecule has 1 amide bonds. The van der Waals surface area contributed by atoms with Crippen LogP contribution < -0.4 is 15.0 Å². The van der Waals surface area contributed by atoms with Gasteiger partial charge in [0, 0.05) is 31.3 Å². The van der Waals surface area contributed by atoms with E-state index in [0.29, 0.717) is 24.3 Å². The second kappa shape index (κ2) is 8.75. The Morgan fingerprint density at radius 3 is 2.69 bits per heavy atom. The van der Waals surface area contributed by atoms with Gasteiger partial charge in [-0.25, -0.2) is 4.98 Å². The molecule has 0 unspecified atom stereocenters. The van der Waals surface area contributed by atoms with Crippen molar-refractivity contribution in [3.8, 4) is 5.75 Å². The van der Waals surface area contributed by atoms with E-state index in [1.165, 1.54) is 5.52 Å². The van der Waals surface area contributed by atoms with E-state index in [1.54, 1.807) is 7.11 Å². The van der Waals surface area contributed by atoms with Crippen molar-refractivity contribution < 1.29 is 9.53 Å². The molecule has 0 bridgehead atoms. The fraction of sp³-hybridized carbons (Fsp3) is 0.231. The van der Waals surface area contributed by atoms with Crippen molar-refractivity contribution in [1.29, 1.82) is 0 Å². The largest absolute Gasteiger partial charge is 0.494 e. The van der Waals surface area contributed by atoms with Gasteiger partial charge in [-0.3, -0.25) is 4.79 Å². The minimum absolute atomic E-state index is 0.0217. The molecule has 2 heterocycles. The number of methoxy groups -OCH3 is 1. The van der Waals surface area contributed by atoms with Crippen LogP contribution in [-0.2, 0) is 24.3 Å². The number of carbonyl (C=O) groups is 1. The number of hydrogen-bond acceptors (Lipinski definition) is 4. The molecule has 0 saturated heterocycles. The summed E-state index contributed by atoms with van der Waals surface area (Å²) in [4.78, 5) is 19.6. The number of imidazole rings is 1. The zero-order valence-corrected chi connectivity index (χ0v) is 18.1. The average Bonchev–Trinajstić information content (AvgIpc) is 3.21. The van der Waals surface area contributed by atoms with Crippen LogP contribution in [0.3, 0.4) is 0 Å². The van der Waals surface area contributed by atoms with Gasteiger partial charge in [0.2, 0.25) is 5.91 Å². The standard InChI is InChI=1S/C26H26N4O2/c1-32-24-17-20(12-13-22(24)28-26(31)14-11-19-7-3-2-4-8-19)29-15-16-30-23-10-6-5-9-21(23)27-25(30)18-29/h2-10,12-13,17H,11,14-16,18H2,1H3,(H,28,31). The minimum atomic E-state index is -0.0217. The SMILES string of the molecule is COc1cc(N2CCn3c(nc4ccccc43)C2)ccc1NC(=O)CCc1ccccc1. The summed E-state index contributed by atoms with van der Waals surface area (Å²) < 4.78 is 7.89. The van der Waals surface area contributed by atoms with Crippen molar-refractivity contribution in [2.24, 2.45) is 0 Å². The minimum Gasteiger partial charge on any atom is -0.494 e. The van der Waals surface area contributed by atoms with E-state index in [2.05, 4.69) is 33.0 Å². The third kappa shape index (κ3) is 4.04. The van der Waals surface area contributed by atoms with Gasteiger partial charge in [0.25, 0.3) is 0 Å². The van der Waals surface area contributed by atoms with Crippen molar-refractivity contribution in [3.05, 3.63) is 84.2 Å². The van der Waals surface area contributed by atoms with Crippen LogP contribution in [0.4, 0.5) is 11.4 Å². The fourth-order valence-electron chi connectivity index (χ4n) is 4.28. The average molecular weight is 427 g/mol. The van der Waals surface area contributed by atoms with Crippen LogP contribution in [-0.4, -0.2) is 29.1 Å². The number of amides is 1. The van der Waals surface area contributed by atoms with Crippen molar-refractivity contribution in [2.45, 2.75) is 25.9 Å². The van der Waals surface area contributed by atoms with E-state index in [-0.39, 0.29) is 5.91 Å². The molecule has 0 fully saturated rings. The Morgan fingerprint density at radius 1 is 1.03 bits per heavy atom. The van der Waals surface area contributed by atoms with Crippen LogP contribution in [0, 0.1) is 0 Å². The summed E-state index contributed by atoms with van der Waals surface area (Å²) >= 11 is 0. The summed E-state index contributed by atoms with van der Waals surface area (Å²) in [5, 5.41) is 3.00. The van der Waals surface area contributed by atoms with Gasteiger partial charge in [-0.2, -0.15) is 0 Å². The van der Waals surface area contributed by atoms with Crippen LogP contribution in [0.25, 0.3) is 11.0 Å². The predicted molar refractivity (Wildman–Crippen MR) is 127 cm³/mol. The number of anilines is 2. The molecular weight excluding hydrogens is 400 g/mol. The monoisotopic (exact) mass is 426 g/mol. The van der Waals surface area contributed by atoms with E-state index < -0.39 is 0 Å². The first kappa shape index (κ1) is 20.1. The fourth-order valence-corrected chi connectivity index (χ4v) is 4.28. The summed E-state index contributed by atoms with van der Waals surface area (Å²) in [5.74, 6) is 1.70. The summed E-state index contributed by atoms with van der Waals surface area (Å²) in [6.07, 6.45) is 1.14. The van der Waals surface area contributed by atoms with Gasteiger partial charge in [0.1, 0.15) is 11.6 Å². The van der Waals surface area contributed by atoms with Gasteiger partial charge in [0.15, 0.2) is 0 Å². The molecule has 4 aromatic rings. The lowest BCUT2D eigenvalue weighted by atomic mass is 10.1. The van der Waals surface area contributed by atoms with Crippen LogP contribution in [0.1, 0.15) is 17.8 Å². The van der Waals surface area contributed by atoms with Gasteiger partial charge in [-0.15, -0.1) is 0 Å². The normalized spacial score (nSPS) is 13.1. The molecule has 1 aliphatic rings. The molecule has 1 aromatic heterocycles. The maximum atomic E-state index is 12.5. The third-order valence-corrected chi connectivity index (χ3v) is 5.97. The highest BCUT2D eigenvalue weighted by atomic mass is 16.5. The van der Waals surface area contributed by atoms with Gasteiger partial charge < -0.3 is 19.5 Å². The number of rotatable bonds is 6. The molecule has 0 atom stereocenters. The number of aryl methyl sites for hydroxylation is 1. The number of nitrogens with zero attached hydrogens (tertiary/aromatic N) is 3. The molecule has 0 aliphatic carbocycles. The zero-order chi connectivity index (χ0) is 21.9. The third-order valence-electron chi connectivity index (χ3n) is 5.97. The Hall–Kier alpha value is -3.80. The van der Waals surface area contributed by atoms with Gasteiger partial charge in [0.05, 0.1) is 30.4 Å². The van der Waals surface area contributed by atoms with E-state index in [4.69, 9.17) is 9.72 Å². The molecule has 162 valence electrons. The molecule has 0 saturated carbocycles. The number of para-hydroxylation sites is 2. The first-order chi connectivity index (χ1) is 15.7. The molecular formula is C26H26N4O2. The zero-order valence-electron chi connectivity index (χ0n) is 18.1. The summed E-state index contributed by atoms with van der Waals surface area (Å²) in [7, 11) is 1.63. The molecule has 32 heavy (non-hydrogen) atoms. The summed E-state index contributed by atoms with van der Waals surface area (Å²) in [5.41, 5.74) is 5.13. The summed E-state index contributed by atoms with van der Waals surface area (Å²) in [6.45, 7) is 2.51. The number of ether oxygens (including phenoxy) is 1. The number of aromatic nitrogens is 2. The molecule has 0 spiro atoms. The number of nitrogens with one attached hydrogen (secondary N) is 1. The smallest absolute Gasteiger partial charge is 0.224 e.